The molecule has 0 fully saturated rings. The van der Waals surface area contributed by atoms with Gasteiger partial charge in [0.05, 0.1) is 6.61 Å². The van der Waals surface area contributed by atoms with Gasteiger partial charge in [0.25, 0.3) is 0 Å². The number of aliphatic hydroxyl groups is 1. The summed E-state index contributed by atoms with van der Waals surface area (Å²) in [5, 5.41) is 9.60. The maximum Gasteiger partial charge on any atom is 0.0688 e. The monoisotopic (exact) mass is 270 g/mol. The molecular weight excluding hydrogens is 248 g/mol. The molecule has 0 aromatic heterocycles. The molecule has 0 unspecified atom stereocenters. The second kappa shape index (κ2) is 5.97. The van der Waals surface area contributed by atoms with Gasteiger partial charge in [-0.15, -0.1) is 0 Å². The van der Waals surface area contributed by atoms with Crippen molar-refractivity contribution < 1.29 is 5.11 Å². The van der Waals surface area contributed by atoms with E-state index in [1.54, 1.807) is 0 Å². The summed E-state index contributed by atoms with van der Waals surface area (Å²) in [6.45, 7) is 0.0481. The van der Waals surface area contributed by atoms with Gasteiger partial charge in [0.1, 0.15) is 0 Å². The van der Waals surface area contributed by atoms with Crippen LogP contribution in [0.4, 0.5) is 11.4 Å². The van der Waals surface area contributed by atoms with Crippen molar-refractivity contribution in [2.75, 3.05) is 38.0 Å². The van der Waals surface area contributed by atoms with E-state index < -0.39 is 0 Å². The number of hydrogen-bond donors (Lipinski definition) is 1. The maximum atomic E-state index is 9.60. The van der Waals surface area contributed by atoms with Gasteiger partial charge in [-0.05, 0) is 41.0 Å². The lowest BCUT2D eigenvalue weighted by atomic mass is 9.99. The van der Waals surface area contributed by atoms with Crippen LogP contribution >= 0.6 is 0 Å². The number of anilines is 2. The zero-order valence-electron chi connectivity index (χ0n) is 12.6. The molecule has 0 heterocycles. The van der Waals surface area contributed by atoms with Crippen LogP contribution in [0.5, 0.6) is 0 Å². The summed E-state index contributed by atoms with van der Waals surface area (Å²) < 4.78 is 0. The summed E-state index contributed by atoms with van der Waals surface area (Å²) in [4.78, 5) is 4.12. The highest BCUT2D eigenvalue weighted by molar-refractivity contribution is 5.72. The predicted octanol–water partition coefficient (Wildman–Crippen LogP) is 2.98. The van der Waals surface area contributed by atoms with Crippen molar-refractivity contribution in [3.05, 3.63) is 48.0 Å². The van der Waals surface area contributed by atoms with Gasteiger partial charge in [0, 0.05) is 39.6 Å². The van der Waals surface area contributed by atoms with Crippen LogP contribution in [0, 0.1) is 0 Å². The molecule has 3 nitrogen and oxygen atoms in total. The molecule has 20 heavy (non-hydrogen) atoms. The van der Waals surface area contributed by atoms with Crippen LogP contribution < -0.4 is 9.80 Å². The van der Waals surface area contributed by atoms with E-state index in [1.165, 1.54) is 5.69 Å². The Bertz CT molecular complexity index is 574. The Hall–Kier alpha value is -2.00. The number of hydrogen-bond acceptors (Lipinski definition) is 3. The normalized spacial score (nSPS) is 10.4. The van der Waals surface area contributed by atoms with Crippen LogP contribution in [-0.2, 0) is 6.61 Å². The van der Waals surface area contributed by atoms with E-state index in [0.717, 1.165) is 22.4 Å². The number of rotatable bonds is 4. The summed E-state index contributed by atoms with van der Waals surface area (Å²) in [6.07, 6.45) is 0. The van der Waals surface area contributed by atoms with Gasteiger partial charge in [0.15, 0.2) is 0 Å². The molecule has 0 aliphatic carbocycles. The average Bonchev–Trinajstić information content (AvgIpc) is 2.46. The highest BCUT2D eigenvalue weighted by Crippen LogP contribution is 2.28. The van der Waals surface area contributed by atoms with Gasteiger partial charge in [-0.3, -0.25) is 0 Å². The van der Waals surface area contributed by atoms with E-state index in [0.29, 0.717) is 0 Å². The van der Waals surface area contributed by atoms with Crippen LogP contribution in [0.2, 0.25) is 0 Å². The first-order valence-electron chi connectivity index (χ1n) is 6.72. The minimum absolute atomic E-state index is 0.0481. The van der Waals surface area contributed by atoms with Gasteiger partial charge in [0.2, 0.25) is 0 Å². The molecular formula is C17H22N2O. The summed E-state index contributed by atoms with van der Waals surface area (Å²) in [5.41, 5.74) is 5.44. The number of benzene rings is 2. The second-order valence-corrected chi connectivity index (χ2v) is 5.34. The van der Waals surface area contributed by atoms with E-state index in [9.17, 15) is 5.11 Å². The topological polar surface area (TPSA) is 26.7 Å². The fourth-order valence-electron chi connectivity index (χ4n) is 2.21. The molecule has 0 bridgehead atoms. The Labute approximate surface area is 121 Å². The third-order valence-electron chi connectivity index (χ3n) is 3.47. The summed E-state index contributed by atoms with van der Waals surface area (Å²) in [6, 6.07) is 14.6. The Kier molecular flexibility index (Phi) is 4.30. The molecule has 0 radical (unpaired) electrons. The van der Waals surface area contributed by atoms with Crippen molar-refractivity contribution in [1.29, 1.82) is 0 Å². The highest BCUT2D eigenvalue weighted by atomic mass is 16.3. The van der Waals surface area contributed by atoms with Crippen molar-refractivity contribution in [3.63, 3.8) is 0 Å². The first-order valence-corrected chi connectivity index (χ1v) is 6.72. The molecule has 2 aromatic carbocycles. The third-order valence-corrected chi connectivity index (χ3v) is 3.47. The van der Waals surface area contributed by atoms with Gasteiger partial charge in [-0.1, -0.05) is 18.2 Å². The lowest BCUT2D eigenvalue weighted by Crippen LogP contribution is -2.09. The highest BCUT2D eigenvalue weighted by Gasteiger charge is 2.07. The Morgan fingerprint density at radius 1 is 0.800 bits per heavy atom. The summed E-state index contributed by atoms with van der Waals surface area (Å²) >= 11 is 0. The van der Waals surface area contributed by atoms with Gasteiger partial charge in [-0.25, -0.2) is 0 Å². The lowest BCUT2D eigenvalue weighted by molar-refractivity contribution is 0.282. The smallest absolute Gasteiger partial charge is 0.0688 e. The van der Waals surface area contributed by atoms with E-state index in [1.807, 2.05) is 39.2 Å². The van der Waals surface area contributed by atoms with E-state index in [-0.39, 0.29) is 6.61 Å². The van der Waals surface area contributed by atoms with Crippen LogP contribution in [0.1, 0.15) is 5.56 Å². The molecule has 1 N–H and O–H groups in total. The molecule has 106 valence electrons. The molecule has 2 aromatic rings. The Morgan fingerprint density at radius 2 is 1.35 bits per heavy atom. The van der Waals surface area contributed by atoms with Crippen LogP contribution in [-0.4, -0.2) is 33.3 Å². The molecule has 3 heteroatoms. The van der Waals surface area contributed by atoms with Gasteiger partial charge in [-0.2, -0.15) is 0 Å². The lowest BCUT2D eigenvalue weighted by Gasteiger charge is -2.17. The first-order chi connectivity index (χ1) is 9.52. The van der Waals surface area contributed by atoms with Crippen LogP contribution in [0.3, 0.4) is 0 Å². The van der Waals surface area contributed by atoms with Crippen molar-refractivity contribution in [2.45, 2.75) is 6.61 Å². The van der Waals surface area contributed by atoms with E-state index >= 15 is 0 Å². The van der Waals surface area contributed by atoms with Crippen molar-refractivity contribution >= 4 is 11.4 Å². The maximum absolute atomic E-state index is 9.60. The summed E-state index contributed by atoms with van der Waals surface area (Å²) in [5.74, 6) is 0. The van der Waals surface area contributed by atoms with Crippen molar-refractivity contribution in [1.82, 2.24) is 0 Å². The molecule has 2 rings (SSSR count). The zero-order chi connectivity index (χ0) is 14.7. The first kappa shape index (κ1) is 14.4. The molecule has 0 aliphatic heterocycles. The quantitative estimate of drug-likeness (QED) is 0.925. The molecule has 0 saturated carbocycles. The molecule has 0 amide bonds. The Morgan fingerprint density at radius 3 is 1.85 bits per heavy atom. The molecule has 0 atom stereocenters. The minimum atomic E-state index is 0.0481. The summed E-state index contributed by atoms with van der Waals surface area (Å²) in [7, 11) is 8.06. The number of nitrogens with zero attached hydrogens (tertiary/aromatic N) is 2. The number of aliphatic hydroxyl groups excluding tert-OH is 1. The largest absolute Gasteiger partial charge is 0.392 e. The fraction of sp³-hybridized carbons (Fsp3) is 0.294. The SMILES string of the molecule is CN(C)c1ccc(-c2ccc(N(C)C)cc2CO)cc1. The van der Waals surface area contributed by atoms with Crippen molar-refractivity contribution in [3.8, 4) is 11.1 Å². The van der Waals surface area contributed by atoms with Gasteiger partial charge < -0.3 is 14.9 Å². The third kappa shape index (κ3) is 2.94. The molecule has 0 aliphatic rings. The van der Waals surface area contributed by atoms with Crippen molar-refractivity contribution in [2.24, 2.45) is 0 Å². The standard InChI is InChI=1S/C17H22N2O/c1-18(2)15-7-5-13(6-8-15)17-10-9-16(19(3)4)11-14(17)12-20/h5-11,20H,12H2,1-4H3. The fourth-order valence-corrected chi connectivity index (χ4v) is 2.21. The zero-order valence-corrected chi connectivity index (χ0v) is 12.6. The van der Waals surface area contributed by atoms with E-state index in [2.05, 4.69) is 41.3 Å². The minimum Gasteiger partial charge on any atom is -0.392 e. The van der Waals surface area contributed by atoms with E-state index in [4.69, 9.17) is 0 Å². The molecule has 0 saturated heterocycles. The van der Waals surface area contributed by atoms with Gasteiger partial charge >= 0.3 is 0 Å². The van der Waals surface area contributed by atoms with Crippen LogP contribution in [0.15, 0.2) is 42.5 Å². The molecule has 0 spiro atoms. The Balaban J connectivity index is 2.41. The second-order valence-electron chi connectivity index (χ2n) is 5.34. The van der Waals surface area contributed by atoms with Crippen LogP contribution in [0.25, 0.3) is 11.1 Å². The average molecular weight is 270 g/mol. The predicted molar refractivity (Wildman–Crippen MR) is 86.5 cm³/mol.